The van der Waals surface area contributed by atoms with Crippen LogP contribution in [0.1, 0.15) is 23.6 Å². The van der Waals surface area contributed by atoms with E-state index < -0.39 is 4.92 Å². The maximum Gasteiger partial charge on any atom is 0.271 e. The van der Waals surface area contributed by atoms with Gasteiger partial charge < -0.3 is 9.47 Å². The zero-order valence-electron chi connectivity index (χ0n) is 19.1. The van der Waals surface area contributed by atoms with E-state index >= 15 is 0 Å². The molecule has 35 heavy (non-hydrogen) atoms. The summed E-state index contributed by atoms with van der Waals surface area (Å²) in [6.45, 7) is 4.79. The first-order valence-corrected chi connectivity index (χ1v) is 12.1. The molecule has 0 aliphatic carbocycles. The summed E-state index contributed by atoms with van der Waals surface area (Å²) in [4.78, 5) is 25.4. The Hall–Kier alpha value is -3.69. The Labute approximate surface area is 212 Å². The van der Waals surface area contributed by atoms with Gasteiger partial charge in [-0.15, -0.1) is 0 Å². The van der Waals surface area contributed by atoms with Crippen LogP contribution in [0.3, 0.4) is 0 Å². The van der Waals surface area contributed by atoms with Crippen LogP contribution in [-0.4, -0.2) is 21.8 Å². The summed E-state index contributed by atoms with van der Waals surface area (Å²) in [5, 5.41) is 11.1. The molecule has 0 spiro atoms. The molecule has 1 amide bonds. The van der Waals surface area contributed by atoms with Gasteiger partial charge in [0.2, 0.25) is 0 Å². The van der Waals surface area contributed by atoms with Crippen LogP contribution in [0.15, 0.2) is 71.6 Å². The number of nitro benzene ring substituents is 1. The molecule has 0 N–H and O–H groups in total. The SMILES string of the molecule is CCOc1cc(/C=C2/SC(=S)N(c3cccc([N+](=O)[O-])c3)C2=O)ccc1OCc1cccc(C)c1. The first-order chi connectivity index (χ1) is 16.9. The van der Waals surface area contributed by atoms with Gasteiger partial charge in [-0.25, -0.2) is 0 Å². The first kappa shape index (κ1) is 24.4. The number of anilines is 1. The number of thiocarbonyl (C=S) groups is 1. The van der Waals surface area contributed by atoms with Crippen molar-refractivity contribution in [3.8, 4) is 11.5 Å². The zero-order chi connectivity index (χ0) is 24.9. The number of hydrogen-bond donors (Lipinski definition) is 0. The van der Waals surface area contributed by atoms with Gasteiger partial charge in [-0.3, -0.25) is 19.8 Å². The van der Waals surface area contributed by atoms with Crippen molar-refractivity contribution in [2.24, 2.45) is 0 Å². The predicted molar refractivity (Wildman–Crippen MR) is 142 cm³/mol. The van der Waals surface area contributed by atoms with E-state index in [9.17, 15) is 14.9 Å². The average molecular weight is 507 g/mol. The Kier molecular flexibility index (Phi) is 7.48. The molecule has 1 fully saturated rings. The monoisotopic (exact) mass is 506 g/mol. The number of carbonyl (C=O) groups excluding carboxylic acids is 1. The molecule has 0 unspecified atom stereocenters. The van der Waals surface area contributed by atoms with E-state index in [2.05, 4.69) is 6.07 Å². The number of carbonyl (C=O) groups is 1. The fourth-order valence-electron chi connectivity index (χ4n) is 3.55. The molecule has 1 saturated heterocycles. The van der Waals surface area contributed by atoms with Gasteiger partial charge in [0.15, 0.2) is 15.8 Å². The van der Waals surface area contributed by atoms with Gasteiger partial charge in [-0.05, 0) is 49.2 Å². The first-order valence-electron chi connectivity index (χ1n) is 10.8. The van der Waals surface area contributed by atoms with E-state index in [1.165, 1.54) is 23.1 Å². The highest BCUT2D eigenvalue weighted by Gasteiger charge is 2.34. The second-order valence-corrected chi connectivity index (χ2v) is 9.39. The second kappa shape index (κ2) is 10.7. The highest BCUT2D eigenvalue weighted by Crippen LogP contribution is 2.38. The van der Waals surface area contributed by atoms with Gasteiger partial charge in [0.25, 0.3) is 11.6 Å². The molecule has 1 aliphatic rings. The van der Waals surface area contributed by atoms with Gasteiger partial charge in [0.1, 0.15) is 6.61 Å². The van der Waals surface area contributed by atoms with E-state index in [0.717, 1.165) is 28.5 Å². The third-order valence-electron chi connectivity index (χ3n) is 5.13. The zero-order valence-corrected chi connectivity index (χ0v) is 20.7. The number of non-ortho nitro benzene ring substituents is 1. The summed E-state index contributed by atoms with van der Waals surface area (Å²) >= 11 is 6.54. The fraction of sp³-hybridized carbons (Fsp3) is 0.154. The molecule has 0 bridgehead atoms. The standard InChI is InChI=1S/C26H22N2O5S2/c1-3-32-23-13-18(10-11-22(23)33-16-19-7-4-6-17(2)12-19)14-24-25(29)27(26(34)35-24)20-8-5-9-21(15-20)28(30)31/h4-15H,3,16H2,1-2H3/b24-14+. The molecule has 178 valence electrons. The molecule has 9 heteroatoms. The minimum Gasteiger partial charge on any atom is -0.490 e. The minimum absolute atomic E-state index is 0.108. The lowest BCUT2D eigenvalue weighted by molar-refractivity contribution is -0.384. The van der Waals surface area contributed by atoms with Crippen LogP contribution < -0.4 is 14.4 Å². The molecule has 0 radical (unpaired) electrons. The van der Waals surface area contributed by atoms with Crippen molar-refractivity contribution in [3.05, 3.63) is 98.4 Å². The van der Waals surface area contributed by atoms with E-state index in [1.54, 1.807) is 12.1 Å². The Morgan fingerprint density at radius 3 is 2.60 bits per heavy atom. The Balaban J connectivity index is 1.56. The van der Waals surface area contributed by atoms with Crippen LogP contribution >= 0.6 is 24.0 Å². The Morgan fingerprint density at radius 2 is 1.86 bits per heavy atom. The van der Waals surface area contributed by atoms with E-state index in [-0.39, 0.29) is 11.6 Å². The molecule has 7 nitrogen and oxygen atoms in total. The number of aryl methyl sites for hydroxylation is 1. The summed E-state index contributed by atoms with van der Waals surface area (Å²) < 4.78 is 12.1. The van der Waals surface area contributed by atoms with Gasteiger partial charge in [-0.1, -0.05) is 65.9 Å². The molecule has 0 saturated carbocycles. The molecule has 3 aromatic carbocycles. The minimum atomic E-state index is -0.505. The summed E-state index contributed by atoms with van der Waals surface area (Å²) in [6, 6.07) is 19.4. The van der Waals surface area contributed by atoms with Crippen LogP contribution in [0, 0.1) is 17.0 Å². The number of hydrogen-bond acceptors (Lipinski definition) is 7. The topological polar surface area (TPSA) is 81.9 Å². The van der Waals surface area contributed by atoms with Gasteiger partial charge in [0.05, 0.1) is 22.1 Å². The summed E-state index contributed by atoms with van der Waals surface area (Å²) in [7, 11) is 0. The van der Waals surface area contributed by atoms with E-state index in [0.29, 0.717) is 39.6 Å². The van der Waals surface area contributed by atoms with Gasteiger partial charge in [0, 0.05) is 12.1 Å². The lowest BCUT2D eigenvalue weighted by Gasteiger charge is -2.14. The van der Waals surface area contributed by atoms with Crippen molar-refractivity contribution in [1.82, 2.24) is 0 Å². The normalized spacial score (nSPS) is 14.5. The lowest BCUT2D eigenvalue weighted by Crippen LogP contribution is -2.27. The molecule has 1 aliphatic heterocycles. The van der Waals surface area contributed by atoms with Crippen LogP contribution in [0.4, 0.5) is 11.4 Å². The van der Waals surface area contributed by atoms with E-state index in [4.69, 9.17) is 21.7 Å². The number of thioether (sulfide) groups is 1. The van der Waals surface area contributed by atoms with Crippen molar-refractivity contribution in [2.45, 2.75) is 20.5 Å². The molecule has 3 aromatic rings. The van der Waals surface area contributed by atoms with Crippen molar-refractivity contribution >= 4 is 51.7 Å². The van der Waals surface area contributed by atoms with Crippen molar-refractivity contribution < 1.29 is 19.2 Å². The molecule has 1 heterocycles. The second-order valence-electron chi connectivity index (χ2n) is 7.71. The van der Waals surface area contributed by atoms with Gasteiger partial charge >= 0.3 is 0 Å². The Morgan fingerprint density at radius 1 is 1.06 bits per heavy atom. The summed E-state index contributed by atoms with van der Waals surface area (Å²) in [5.41, 5.74) is 3.22. The summed E-state index contributed by atoms with van der Waals surface area (Å²) in [6.07, 6.45) is 1.73. The number of ether oxygens (including phenoxy) is 2. The number of nitro groups is 1. The number of benzene rings is 3. The molecular weight excluding hydrogens is 484 g/mol. The average Bonchev–Trinajstić information content (AvgIpc) is 3.11. The third-order valence-corrected chi connectivity index (χ3v) is 6.44. The van der Waals surface area contributed by atoms with Crippen LogP contribution in [0.25, 0.3) is 6.08 Å². The molecule has 0 aromatic heterocycles. The van der Waals surface area contributed by atoms with Crippen molar-refractivity contribution in [3.63, 3.8) is 0 Å². The van der Waals surface area contributed by atoms with E-state index in [1.807, 2.05) is 50.2 Å². The fourth-order valence-corrected chi connectivity index (χ4v) is 4.85. The highest BCUT2D eigenvalue weighted by molar-refractivity contribution is 8.27. The molecular formula is C26H22N2O5S2. The quantitative estimate of drug-likeness (QED) is 0.154. The van der Waals surface area contributed by atoms with Crippen LogP contribution in [0.2, 0.25) is 0 Å². The van der Waals surface area contributed by atoms with Crippen LogP contribution in [0.5, 0.6) is 11.5 Å². The predicted octanol–water partition coefficient (Wildman–Crippen LogP) is 6.29. The van der Waals surface area contributed by atoms with Crippen molar-refractivity contribution in [1.29, 1.82) is 0 Å². The van der Waals surface area contributed by atoms with Crippen LogP contribution in [-0.2, 0) is 11.4 Å². The largest absolute Gasteiger partial charge is 0.490 e. The van der Waals surface area contributed by atoms with Gasteiger partial charge in [-0.2, -0.15) is 0 Å². The maximum absolute atomic E-state index is 13.1. The van der Waals surface area contributed by atoms with Crippen molar-refractivity contribution in [2.75, 3.05) is 11.5 Å². The molecule has 4 rings (SSSR count). The maximum atomic E-state index is 13.1. The Bertz CT molecular complexity index is 1340. The lowest BCUT2D eigenvalue weighted by atomic mass is 10.1. The summed E-state index contributed by atoms with van der Waals surface area (Å²) in [5.74, 6) is 0.843. The number of rotatable bonds is 8. The molecule has 0 atom stereocenters. The number of nitrogens with zero attached hydrogens (tertiary/aromatic N) is 2. The third kappa shape index (κ3) is 5.70. The number of amides is 1. The highest BCUT2D eigenvalue weighted by atomic mass is 32.2. The smallest absolute Gasteiger partial charge is 0.271 e.